The van der Waals surface area contributed by atoms with E-state index in [1.807, 2.05) is 6.92 Å². The number of hydrogen-bond donors (Lipinski definition) is 1. The fourth-order valence-electron chi connectivity index (χ4n) is 2.77. The molecule has 1 atom stereocenters. The topological polar surface area (TPSA) is 66.8 Å². The van der Waals surface area contributed by atoms with Crippen LogP contribution in [0, 0.1) is 6.92 Å². The highest BCUT2D eigenvalue weighted by Gasteiger charge is 2.33. The molecule has 7 heteroatoms. The van der Waals surface area contributed by atoms with Gasteiger partial charge in [0.1, 0.15) is 5.75 Å². The highest BCUT2D eigenvalue weighted by molar-refractivity contribution is 7.92. The van der Waals surface area contributed by atoms with E-state index >= 15 is 0 Å². The Bertz CT molecular complexity index is 882. The maximum Gasteiger partial charge on any atom is 0.264 e. The molecule has 3 rings (SSSR count). The molecule has 0 saturated heterocycles. The van der Waals surface area contributed by atoms with E-state index < -0.39 is 16.1 Å². The molecule has 128 valence electrons. The van der Waals surface area contributed by atoms with E-state index in [-0.39, 0.29) is 11.4 Å². The zero-order chi connectivity index (χ0) is 17.5. The third kappa shape index (κ3) is 2.85. The number of rotatable bonds is 3. The van der Waals surface area contributed by atoms with Crippen molar-refractivity contribution >= 4 is 27.3 Å². The van der Waals surface area contributed by atoms with Gasteiger partial charge in [0, 0.05) is 23.2 Å². The predicted octanol–water partition coefficient (Wildman–Crippen LogP) is 3.29. The van der Waals surface area contributed by atoms with Crippen molar-refractivity contribution in [2.45, 2.75) is 24.3 Å². The standard InChI is InChI=1S/C17H18ClNO4S/c1-11-3-5-13(10-15(11)18)24(21,22)19-8-7-17(20)14-6-4-12(23-2)9-16(14)19/h3-6,9-10,17,20H,7-8H2,1-2H3. The van der Waals surface area contributed by atoms with Gasteiger partial charge in [-0.15, -0.1) is 0 Å². The monoisotopic (exact) mass is 367 g/mol. The van der Waals surface area contributed by atoms with Gasteiger partial charge in [-0.3, -0.25) is 4.31 Å². The SMILES string of the molecule is COc1ccc2c(c1)N(S(=O)(=O)c1ccc(C)c(Cl)c1)CCC2O. The second-order valence-corrected chi connectivity index (χ2v) is 7.99. The van der Waals surface area contributed by atoms with Crippen LogP contribution in [0.25, 0.3) is 0 Å². The van der Waals surface area contributed by atoms with Gasteiger partial charge in [0.15, 0.2) is 0 Å². The number of aryl methyl sites for hydroxylation is 1. The number of ether oxygens (including phenoxy) is 1. The predicted molar refractivity (Wildman–Crippen MR) is 93.3 cm³/mol. The number of nitrogens with zero attached hydrogens (tertiary/aromatic N) is 1. The number of anilines is 1. The van der Waals surface area contributed by atoms with Gasteiger partial charge in [-0.2, -0.15) is 0 Å². The van der Waals surface area contributed by atoms with Crippen LogP contribution in [0.3, 0.4) is 0 Å². The summed E-state index contributed by atoms with van der Waals surface area (Å²) in [7, 11) is -2.27. The molecule has 1 aliphatic rings. The van der Waals surface area contributed by atoms with Crippen LogP contribution in [0.1, 0.15) is 23.7 Å². The zero-order valence-electron chi connectivity index (χ0n) is 13.4. The minimum Gasteiger partial charge on any atom is -0.497 e. The number of fused-ring (bicyclic) bond motifs is 1. The van der Waals surface area contributed by atoms with E-state index in [9.17, 15) is 13.5 Å². The molecular formula is C17H18ClNO4S. The number of hydrogen-bond acceptors (Lipinski definition) is 4. The first kappa shape index (κ1) is 17.1. The van der Waals surface area contributed by atoms with Gasteiger partial charge in [-0.05, 0) is 37.1 Å². The second kappa shape index (κ2) is 6.27. The molecule has 5 nitrogen and oxygen atoms in total. The first-order valence-electron chi connectivity index (χ1n) is 7.49. The molecule has 0 aliphatic carbocycles. The largest absolute Gasteiger partial charge is 0.497 e. The Kier molecular flexibility index (Phi) is 4.46. The van der Waals surface area contributed by atoms with Crippen LogP contribution < -0.4 is 9.04 Å². The van der Waals surface area contributed by atoms with Crippen LogP contribution in [0.2, 0.25) is 5.02 Å². The first-order valence-corrected chi connectivity index (χ1v) is 9.31. The van der Waals surface area contributed by atoms with Crippen molar-refractivity contribution < 1.29 is 18.3 Å². The number of methoxy groups -OCH3 is 1. The van der Waals surface area contributed by atoms with E-state index in [4.69, 9.17) is 16.3 Å². The lowest BCUT2D eigenvalue weighted by Gasteiger charge is -2.33. The Morgan fingerprint density at radius 3 is 2.67 bits per heavy atom. The summed E-state index contributed by atoms with van der Waals surface area (Å²) < 4.78 is 32.6. The fraction of sp³-hybridized carbons (Fsp3) is 0.294. The van der Waals surface area contributed by atoms with Gasteiger partial charge in [0.2, 0.25) is 0 Å². The molecular weight excluding hydrogens is 350 g/mol. The summed E-state index contributed by atoms with van der Waals surface area (Å²) in [6, 6.07) is 9.72. The summed E-state index contributed by atoms with van der Waals surface area (Å²) in [4.78, 5) is 0.128. The van der Waals surface area contributed by atoms with Crippen LogP contribution >= 0.6 is 11.6 Å². The summed E-state index contributed by atoms with van der Waals surface area (Å²) in [6.07, 6.45) is -0.364. The van der Waals surface area contributed by atoms with Crippen molar-refractivity contribution in [3.8, 4) is 5.75 Å². The Morgan fingerprint density at radius 2 is 2.00 bits per heavy atom. The molecule has 0 bridgehead atoms. The molecule has 0 fully saturated rings. The quantitative estimate of drug-likeness (QED) is 0.903. The van der Waals surface area contributed by atoms with Crippen LogP contribution in [0.5, 0.6) is 5.75 Å². The summed E-state index contributed by atoms with van der Waals surface area (Å²) in [5.74, 6) is 0.532. The second-order valence-electron chi connectivity index (χ2n) is 5.72. The molecule has 0 amide bonds. The van der Waals surface area contributed by atoms with Crippen molar-refractivity contribution in [2.75, 3.05) is 18.0 Å². The lowest BCUT2D eigenvalue weighted by atomic mass is 10.0. The van der Waals surface area contributed by atoms with Crippen LogP contribution in [-0.2, 0) is 10.0 Å². The van der Waals surface area contributed by atoms with Crippen molar-refractivity contribution in [1.29, 1.82) is 0 Å². The molecule has 24 heavy (non-hydrogen) atoms. The summed E-state index contributed by atoms with van der Waals surface area (Å²) >= 11 is 6.09. The molecule has 0 radical (unpaired) electrons. The molecule has 1 unspecified atom stereocenters. The van der Waals surface area contributed by atoms with Crippen LogP contribution in [-0.4, -0.2) is 27.2 Å². The number of aliphatic hydroxyl groups excluding tert-OH is 1. The van der Waals surface area contributed by atoms with E-state index in [1.165, 1.54) is 17.5 Å². The molecule has 1 aliphatic heterocycles. The smallest absolute Gasteiger partial charge is 0.264 e. The van der Waals surface area contributed by atoms with Crippen LogP contribution in [0.15, 0.2) is 41.3 Å². The fourth-order valence-corrected chi connectivity index (χ4v) is 4.54. The molecule has 1 heterocycles. The Balaban J connectivity index is 2.12. The lowest BCUT2D eigenvalue weighted by molar-refractivity contribution is 0.166. The first-order chi connectivity index (χ1) is 11.3. The van der Waals surface area contributed by atoms with E-state index in [0.29, 0.717) is 28.4 Å². The highest BCUT2D eigenvalue weighted by atomic mass is 35.5. The molecule has 2 aromatic rings. The average molecular weight is 368 g/mol. The molecule has 2 aromatic carbocycles. The Hall–Kier alpha value is -1.76. The zero-order valence-corrected chi connectivity index (χ0v) is 14.9. The average Bonchev–Trinajstić information content (AvgIpc) is 2.56. The number of sulfonamides is 1. The van der Waals surface area contributed by atoms with Crippen molar-refractivity contribution in [3.63, 3.8) is 0 Å². The molecule has 0 saturated carbocycles. The minimum atomic E-state index is -3.78. The van der Waals surface area contributed by atoms with Crippen molar-refractivity contribution in [1.82, 2.24) is 0 Å². The third-order valence-corrected chi connectivity index (χ3v) is 6.42. The van der Waals surface area contributed by atoms with Gasteiger partial charge in [-0.1, -0.05) is 23.7 Å². The van der Waals surface area contributed by atoms with Crippen molar-refractivity contribution in [2.24, 2.45) is 0 Å². The lowest BCUT2D eigenvalue weighted by Crippen LogP contribution is -2.36. The highest BCUT2D eigenvalue weighted by Crippen LogP contribution is 2.39. The van der Waals surface area contributed by atoms with Crippen molar-refractivity contribution in [3.05, 3.63) is 52.5 Å². The molecule has 0 spiro atoms. The van der Waals surface area contributed by atoms with Gasteiger partial charge in [-0.25, -0.2) is 8.42 Å². The van der Waals surface area contributed by atoms with E-state index in [0.717, 1.165) is 5.56 Å². The third-order valence-electron chi connectivity index (χ3n) is 4.20. The number of aliphatic hydroxyl groups is 1. The summed E-state index contributed by atoms with van der Waals surface area (Å²) in [5, 5.41) is 10.6. The minimum absolute atomic E-state index is 0.128. The summed E-state index contributed by atoms with van der Waals surface area (Å²) in [5.41, 5.74) is 1.82. The molecule has 1 N–H and O–H groups in total. The van der Waals surface area contributed by atoms with Crippen LogP contribution in [0.4, 0.5) is 5.69 Å². The van der Waals surface area contributed by atoms with E-state index in [1.54, 1.807) is 30.3 Å². The van der Waals surface area contributed by atoms with Gasteiger partial charge < -0.3 is 9.84 Å². The van der Waals surface area contributed by atoms with Gasteiger partial charge >= 0.3 is 0 Å². The Labute approximate surface area is 146 Å². The normalized spacial score (nSPS) is 17.5. The van der Waals surface area contributed by atoms with E-state index in [2.05, 4.69) is 0 Å². The summed E-state index contributed by atoms with van der Waals surface area (Å²) in [6.45, 7) is 2.01. The van der Waals surface area contributed by atoms with Gasteiger partial charge in [0.05, 0.1) is 23.8 Å². The van der Waals surface area contributed by atoms with Gasteiger partial charge in [0.25, 0.3) is 10.0 Å². The maximum absolute atomic E-state index is 13.1. The number of halogens is 1. The Morgan fingerprint density at radius 1 is 1.25 bits per heavy atom. The molecule has 0 aromatic heterocycles. The maximum atomic E-state index is 13.1. The number of benzene rings is 2.